The van der Waals surface area contributed by atoms with Gasteiger partial charge in [-0.1, -0.05) is 11.8 Å². The molecule has 0 aliphatic carbocycles. The molecule has 1 unspecified atom stereocenters. The standard InChI is InChI=1S/C13H16N2O5S/c1-9-8-15-21(18,19)12-5-4-10(7-11(12)20-9)3-2-6-14-13(16)17/h4-5,7,9,14-15,18-19H,6,8H2,1H3,(H,16,17). The Hall–Kier alpha value is -1.92. The fraction of sp³-hybridized carbons (Fsp3) is 0.308. The fourth-order valence-electron chi connectivity index (χ4n) is 1.75. The molecule has 0 saturated heterocycles. The molecule has 1 atom stereocenters. The first kappa shape index (κ1) is 15.5. The normalized spacial score (nSPS) is 20.8. The minimum atomic E-state index is -3.08. The van der Waals surface area contributed by atoms with Gasteiger partial charge in [-0.3, -0.25) is 9.11 Å². The van der Waals surface area contributed by atoms with Gasteiger partial charge in [0.15, 0.2) is 0 Å². The van der Waals surface area contributed by atoms with Crippen molar-refractivity contribution in [2.75, 3.05) is 13.1 Å². The Morgan fingerprint density at radius 2 is 2.33 bits per heavy atom. The molecular formula is C13H16N2O5S. The second-order valence-corrected chi connectivity index (χ2v) is 6.27. The Bertz CT molecular complexity index is 608. The molecule has 114 valence electrons. The van der Waals surface area contributed by atoms with Crippen LogP contribution in [0, 0.1) is 11.8 Å². The molecule has 1 aliphatic heterocycles. The summed E-state index contributed by atoms with van der Waals surface area (Å²) in [5, 5.41) is 10.6. The molecule has 2 rings (SSSR count). The highest BCUT2D eigenvalue weighted by molar-refractivity contribution is 8.22. The number of benzene rings is 1. The molecule has 1 aliphatic rings. The van der Waals surface area contributed by atoms with Crippen LogP contribution in [-0.4, -0.2) is 39.5 Å². The second kappa shape index (κ2) is 6.24. The number of nitrogens with one attached hydrogen (secondary N) is 2. The lowest BCUT2D eigenvalue weighted by Crippen LogP contribution is -2.27. The molecule has 0 aromatic heterocycles. The van der Waals surface area contributed by atoms with Crippen molar-refractivity contribution in [3.05, 3.63) is 23.8 Å². The number of amides is 1. The Morgan fingerprint density at radius 3 is 3.05 bits per heavy atom. The fourth-order valence-corrected chi connectivity index (χ4v) is 3.02. The van der Waals surface area contributed by atoms with Crippen LogP contribution in [0.15, 0.2) is 23.1 Å². The third kappa shape index (κ3) is 4.03. The Balaban J connectivity index is 2.23. The van der Waals surface area contributed by atoms with Gasteiger partial charge in [0.2, 0.25) is 0 Å². The highest BCUT2D eigenvalue weighted by Gasteiger charge is 2.26. The van der Waals surface area contributed by atoms with E-state index in [9.17, 15) is 13.9 Å². The SMILES string of the molecule is CC1CNS(O)(O)c2ccc(C#CCNC(=O)O)cc2O1. The van der Waals surface area contributed by atoms with Gasteiger partial charge in [-0.15, -0.1) is 10.8 Å². The van der Waals surface area contributed by atoms with E-state index in [4.69, 9.17) is 9.84 Å². The van der Waals surface area contributed by atoms with Gasteiger partial charge in [-0.05, 0) is 25.1 Å². The highest BCUT2D eigenvalue weighted by atomic mass is 32.3. The number of fused-ring (bicyclic) bond motifs is 1. The van der Waals surface area contributed by atoms with E-state index in [1.165, 1.54) is 0 Å². The van der Waals surface area contributed by atoms with Gasteiger partial charge in [0.1, 0.15) is 16.7 Å². The lowest BCUT2D eigenvalue weighted by atomic mass is 10.2. The minimum Gasteiger partial charge on any atom is -0.487 e. The predicted octanol–water partition coefficient (Wildman–Crippen LogP) is 1.70. The molecule has 8 heteroatoms. The molecule has 1 aromatic carbocycles. The highest BCUT2D eigenvalue weighted by Crippen LogP contribution is 2.50. The minimum absolute atomic E-state index is 0.0143. The number of rotatable bonds is 1. The maximum atomic E-state index is 10.3. The first-order valence-corrected chi connectivity index (χ1v) is 7.72. The average Bonchev–Trinajstić information content (AvgIpc) is 2.51. The van der Waals surface area contributed by atoms with E-state index in [-0.39, 0.29) is 12.6 Å². The first-order valence-electron chi connectivity index (χ1n) is 6.18. The number of carboxylic acid groups (broad SMARTS) is 1. The van der Waals surface area contributed by atoms with Crippen molar-refractivity contribution in [3.8, 4) is 17.6 Å². The maximum absolute atomic E-state index is 10.3. The summed E-state index contributed by atoms with van der Waals surface area (Å²) in [6.07, 6.45) is -1.35. The van der Waals surface area contributed by atoms with Crippen LogP contribution in [-0.2, 0) is 0 Å². The van der Waals surface area contributed by atoms with Crippen molar-refractivity contribution >= 4 is 16.9 Å². The molecule has 7 nitrogen and oxygen atoms in total. The van der Waals surface area contributed by atoms with Crippen molar-refractivity contribution in [3.63, 3.8) is 0 Å². The third-order valence-electron chi connectivity index (χ3n) is 2.71. The van der Waals surface area contributed by atoms with Crippen LogP contribution in [0.2, 0.25) is 0 Å². The zero-order valence-electron chi connectivity index (χ0n) is 11.3. The number of ether oxygens (including phenoxy) is 1. The van der Waals surface area contributed by atoms with Gasteiger partial charge in [0.25, 0.3) is 0 Å². The zero-order chi connectivity index (χ0) is 15.5. The summed E-state index contributed by atoms with van der Waals surface area (Å²) in [4.78, 5) is 10.6. The largest absolute Gasteiger partial charge is 0.487 e. The third-order valence-corrected chi connectivity index (χ3v) is 4.23. The molecular weight excluding hydrogens is 296 g/mol. The number of hydrogen-bond donors (Lipinski definition) is 5. The van der Waals surface area contributed by atoms with Gasteiger partial charge in [0.05, 0.1) is 13.1 Å². The van der Waals surface area contributed by atoms with Crippen LogP contribution in [0.4, 0.5) is 4.79 Å². The molecule has 1 heterocycles. The maximum Gasteiger partial charge on any atom is 0.405 e. The molecule has 21 heavy (non-hydrogen) atoms. The van der Waals surface area contributed by atoms with Crippen LogP contribution in [0.25, 0.3) is 0 Å². The van der Waals surface area contributed by atoms with Gasteiger partial charge in [-0.2, -0.15) is 0 Å². The van der Waals surface area contributed by atoms with Crippen LogP contribution >= 0.6 is 10.8 Å². The van der Waals surface area contributed by atoms with Gasteiger partial charge < -0.3 is 15.2 Å². The van der Waals surface area contributed by atoms with E-state index in [1.54, 1.807) is 18.2 Å². The molecule has 0 bridgehead atoms. The average molecular weight is 312 g/mol. The molecule has 0 fully saturated rings. The Morgan fingerprint density at radius 1 is 1.57 bits per heavy atom. The van der Waals surface area contributed by atoms with E-state index in [2.05, 4.69) is 21.9 Å². The monoisotopic (exact) mass is 312 g/mol. The number of carbonyl (C=O) groups is 1. The number of hydrogen-bond acceptors (Lipinski definition) is 5. The van der Waals surface area contributed by atoms with Crippen LogP contribution in [0.3, 0.4) is 0 Å². The molecule has 5 N–H and O–H groups in total. The van der Waals surface area contributed by atoms with Crippen molar-refractivity contribution in [1.29, 1.82) is 0 Å². The van der Waals surface area contributed by atoms with Crippen molar-refractivity contribution in [2.24, 2.45) is 0 Å². The van der Waals surface area contributed by atoms with Crippen molar-refractivity contribution < 1.29 is 23.7 Å². The summed E-state index contributed by atoms with van der Waals surface area (Å²) < 4.78 is 28.4. The summed E-state index contributed by atoms with van der Waals surface area (Å²) in [6.45, 7) is 2.15. The molecule has 1 aromatic rings. The molecule has 0 spiro atoms. The van der Waals surface area contributed by atoms with E-state index in [0.29, 0.717) is 22.8 Å². The summed E-state index contributed by atoms with van der Waals surface area (Å²) >= 11 is 0. The van der Waals surface area contributed by atoms with E-state index in [0.717, 1.165) is 0 Å². The van der Waals surface area contributed by atoms with Gasteiger partial charge in [-0.25, -0.2) is 9.52 Å². The van der Waals surface area contributed by atoms with E-state index in [1.807, 2.05) is 6.92 Å². The summed E-state index contributed by atoms with van der Waals surface area (Å²) in [7, 11) is -3.08. The Kier molecular flexibility index (Phi) is 4.59. The van der Waals surface area contributed by atoms with Crippen LogP contribution in [0.1, 0.15) is 12.5 Å². The summed E-state index contributed by atoms with van der Waals surface area (Å²) in [6, 6.07) is 4.78. The predicted molar refractivity (Wildman–Crippen MR) is 78.6 cm³/mol. The van der Waals surface area contributed by atoms with Gasteiger partial charge >= 0.3 is 6.09 Å². The van der Waals surface area contributed by atoms with Crippen molar-refractivity contribution in [2.45, 2.75) is 17.9 Å². The van der Waals surface area contributed by atoms with Crippen LogP contribution < -0.4 is 14.8 Å². The zero-order valence-corrected chi connectivity index (χ0v) is 12.1. The molecule has 0 radical (unpaired) electrons. The lowest BCUT2D eigenvalue weighted by Gasteiger charge is -2.31. The topological polar surface area (TPSA) is 111 Å². The van der Waals surface area contributed by atoms with Gasteiger partial charge in [0, 0.05) is 5.56 Å². The Labute approximate surface area is 123 Å². The molecule has 0 saturated carbocycles. The molecule has 1 amide bonds. The summed E-state index contributed by atoms with van der Waals surface area (Å²) in [5.74, 6) is 5.80. The lowest BCUT2D eigenvalue weighted by molar-refractivity contribution is 0.196. The second-order valence-electron chi connectivity index (χ2n) is 4.45. The quantitative estimate of drug-likeness (QED) is 0.505. The van der Waals surface area contributed by atoms with E-state index < -0.39 is 16.9 Å². The first-order chi connectivity index (χ1) is 9.88. The smallest absolute Gasteiger partial charge is 0.405 e. The van der Waals surface area contributed by atoms with Crippen LogP contribution in [0.5, 0.6) is 5.75 Å². The summed E-state index contributed by atoms with van der Waals surface area (Å²) in [5.41, 5.74) is 0.602. The van der Waals surface area contributed by atoms with Crippen molar-refractivity contribution in [1.82, 2.24) is 10.0 Å². The van der Waals surface area contributed by atoms with E-state index >= 15 is 0 Å².